The summed E-state index contributed by atoms with van der Waals surface area (Å²) in [5.74, 6) is 0. The van der Waals surface area contributed by atoms with Gasteiger partial charge in [0, 0.05) is 12.1 Å². The lowest BCUT2D eigenvalue weighted by molar-refractivity contribution is -0.394. The minimum atomic E-state index is -3.95. The SMILES string of the molecule is O=[N+]([O-])c1cc([N+](=O)[O-])cc(S(=O)(=O)CCl)c1. The van der Waals surface area contributed by atoms with Crippen LogP contribution in [0, 0.1) is 20.2 Å². The first-order valence-corrected chi connectivity index (χ1v) is 6.19. The Morgan fingerprint density at radius 3 is 1.76 bits per heavy atom. The topological polar surface area (TPSA) is 120 Å². The summed E-state index contributed by atoms with van der Waals surface area (Å²) in [6, 6.07) is 2.13. The monoisotopic (exact) mass is 280 g/mol. The number of non-ortho nitro benzene ring substituents is 2. The van der Waals surface area contributed by atoms with Gasteiger partial charge in [-0.1, -0.05) is 0 Å². The van der Waals surface area contributed by atoms with Crippen LogP contribution >= 0.6 is 11.6 Å². The summed E-state index contributed by atoms with van der Waals surface area (Å²) in [5, 5.41) is 20.2. The number of nitro groups is 2. The van der Waals surface area contributed by atoms with E-state index in [9.17, 15) is 28.6 Å². The molecule has 1 rings (SSSR count). The van der Waals surface area contributed by atoms with E-state index in [4.69, 9.17) is 11.6 Å². The average molecular weight is 281 g/mol. The molecule has 0 spiro atoms. The highest BCUT2D eigenvalue weighted by molar-refractivity contribution is 7.92. The van der Waals surface area contributed by atoms with Gasteiger partial charge in [-0.15, -0.1) is 11.6 Å². The lowest BCUT2D eigenvalue weighted by Gasteiger charge is -2.00. The molecule has 92 valence electrons. The van der Waals surface area contributed by atoms with E-state index in [2.05, 4.69) is 0 Å². The summed E-state index contributed by atoms with van der Waals surface area (Å²) in [5.41, 5.74) is -1.36. The van der Waals surface area contributed by atoms with Gasteiger partial charge in [0.05, 0.1) is 20.8 Å². The fourth-order valence-corrected chi connectivity index (χ4v) is 2.13. The molecule has 0 aliphatic rings. The van der Waals surface area contributed by atoms with E-state index in [1.165, 1.54) is 0 Å². The first-order valence-electron chi connectivity index (χ1n) is 4.00. The van der Waals surface area contributed by atoms with Crippen molar-refractivity contribution in [1.82, 2.24) is 0 Å². The van der Waals surface area contributed by atoms with E-state index in [0.29, 0.717) is 6.07 Å². The second-order valence-electron chi connectivity index (χ2n) is 2.92. The maximum Gasteiger partial charge on any atom is 0.277 e. The van der Waals surface area contributed by atoms with Crippen LogP contribution in [0.25, 0.3) is 0 Å². The number of hydrogen-bond acceptors (Lipinski definition) is 6. The predicted molar refractivity (Wildman–Crippen MR) is 57.7 cm³/mol. The fraction of sp³-hybridized carbons (Fsp3) is 0.143. The third-order valence-electron chi connectivity index (χ3n) is 1.80. The number of halogens is 1. The van der Waals surface area contributed by atoms with E-state index in [0.717, 1.165) is 12.1 Å². The molecule has 0 amide bonds. The maximum absolute atomic E-state index is 11.4. The molecule has 0 saturated carbocycles. The van der Waals surface area contributed by atoms with Gasteiger partial charge in [0.2, 0.25) is 0 Å². The molecular formula is C7H5ClN2O6S. The van der Waals surface area contributed by atoms with Crippen molar-refractivity contribution in [1.29, 1.82) is 0 Å². The van der Waals surface area contributed by atoms with Crippen LogP contribution in [0.1, 0.15) is 0 Å². The standard InChI is InChI=1S/C7H5ClN2O6S/c8-4-17(15,16)7-2-5(9(11)12)1-6(3-7)10(13)14/h1-3H,4H2. The summed E-state index contributed by atoms with van der Waals surface area (Å²) in [7, 11) is -3.95. The Balaban J connectivity index is 3.53. The van der Waals surface area contributed by atoms with Crippen molar-refractivity contribution < 1.29 is 18.3 Å². The first kappa shape index (κ1) is 13.3. The summed E-state index contributed by atoms with van der Waals surface area (Å²) in [6.07, 6.45) is 0. The van der Waals surface area contributed by atoms with Gasteiger partial charge in [-0.2, -0.15) is 0 Å². The van der Waals surface area contributed by atoms with Crippen LogP contribution in [0.5, 0.6) is 0 Å². The zero-order chi connectivity index (χ0) is 13.2. The molecule has 0 fully saturated rings. The Morgan fingerprint density at radius 2 is 1.47 bits per heavy atom. The molecule has 0 aliphatic carbocycles. The van der Waals surface area contributed by atoms with Gasteiger partial charge in [0.1, 0.15) is 5.21 Å². The molecule has 0 aromatic heterocycles. The van der Waals surface area contributed by atoms with Gasteiger partial charge in [0.15, 0.2) is 9.84 Å². The van der Waals surface area contributed by atoms with Crippen LogP contribution in [0.2, 0.25) is 0 Å². The minimum absolute atomic E-state index is 0.548. The van der Waals surface area contributed by atoms with Crippen LogP contribution in [0.3, 0.4) is 0 Å². The van der Waals surface area contributed by atoms with Crippen LogP contribution in [0.15, 0.2) is 23.1 Å². The normalized spacial score (nSPS) is 11.1. The molecule has 1 aromatic carbocycles. The molecule has 17 heavy (non-hydrogen) atoms. The third kappa shape index (κ3) is 2.88. The quantitative estimate of drug-likeness (QED) is 0.468. The molecule has 10 heteroatoms. The minimum Gasteiger partial charge on any atom is -0.258 e. The zero-order valence-electron chi connectivity index (χ0n) is 8.07. The number of nitrogens with zero attached hydrogens (tertiary/aromatic N) is 2. The van der Waals surface area contributed by atoms with E-state index in [1.807, 2.05) is 0 Å². The van der Waals surface area contributed by atoms with E-state index in [1.54, 1.807) is 0 Å². The Kier molecular flexibility index (Phi) is 3.63. The molecule has 0 bridgehead atoms. The summed E-state index contributed by atoms with van der Waals surface area (Å²) in [6.45, 7) is 0. The smallest absolute Gasteiger partial charge is 0.258 e. The van der Waals surface area contributed by atoms with Gasteiger partial charge >= 0.3 is 0 Å². The van der Waals surface area contributed by atoms with Crippen molar-refractivity contribution in [3.8, 4) is 0 Å². The van der Waals surface area contributed by atoms with E-state index < -0.39 is 41.2 Å². The summed E-state index contributed by atoms with van der Waals surface area (Å²) < 4.78 is 22.7. The van der Waals surface area contributed by atoms with Crippen LogP contribution < -0.4 is 0 Å². The van der Waals surface area contributed by atoms with Crippen molar-refractivity contribution in [3.05, 3.63) is 38.4 Å². The Morgan fingerprint density at radius 1 is 1.06 bits per heavy atom. The molecule has 0 atom stereocenters. The van der Waals surface area contributed by atoms with Crippen LogP contribution in [0.4, 0.5) is 11.4 Å². The number of sulfone groups is 1. The van der Waals surface area contributed by atoms with Gasteiger partial charge in [-0.3, -0.25) is 20.2 Å². The molecule has 0 heterocycles. The van der Waals surface area contributed by atoms with Crippen molar-refractivity contribution in [2.24, 2.45) is 0 Å². The number of alkyl halides is 1. The molecular weight excluding hydrogens is 276 g/mol. The largest absolute Gasteiger partial charge is 0.277 e. The average Bonchev–Trinajstić information content (AvgIpc) is 2.28. The molecule has 1 aromatic rings. The number of nitro benzene ring substituents is 2. The fourth-order valence-electron chi connectivity index (χ4n) is 1.02. The van der Waals surface area contributed by atoms with E-state index in [-0.39, 0.29) is 0 Å². The molecule has 0 N–H and O–H groups in total. The highest BCUT2D eigenvalue weighted by Crippen LogP contribution is 2.26. The molecule has 0 unspecified atom stereocenters. The maximum atomic E-state index is 11.4. The molecule has 0 saturated heterocycles. The summed E-state index contributed by atoms with van der Waals surface area (Å²) >= 11 is 5.16. The van der Waals surface area contributed by atoms with Crippen molar-refractivity contribution in [2.45, 2.75) is 4.90 Å². The van der Waals surface area contributed by atoms with Crippen molar-refractivity contribution >= 4 is 32.8 Å². The molecule has 8 nitrogen and oxygen atoms in total. The Hall–Kier alpha value is -1.74. The highest BCUT2D eigenvalue weighted by atomic mass is 35.5. The molecule has 0 aliphatic heterocycles. The van der Waals surface area contributed by atoms with Gasteiger partial charge in [0.25, 0.3) is 11.4 Å². The Bertz CT molecular complexity index is 552. The number of hydrogen-bond donors (Lipinski definition) is 0. The van der Waals surface area contributed by atoms with Gasteiger partial charge in [-0.05, 0) is 0 Å². The second kappa shape index (κ2) is 4.63. The first-order chi connectivity index (χ1) is 7.77. The lowest BCUT2D eigenvalue weighted by atomic mass is 10.3. The lowest BCUT2D eigenvalue weighted by Crippen LogP contribution is -2.04. The van der Waals surface area contributed by atoms with E-state index >= 15 is 0 Å². The highest BCUT2D eigenvalue weighted by Gasteiger charge is 2.22. The van der Waals surface area contributed by atoms with Crippen molar-refractivity contribution in [3.63, 3.8) is 0 Å². The van der Waals surface area contributed by atoms with Crippen molar-refractivity contribution in [2.75, 3.05) is 5.21 Å². The van der Waals surface area contributed by atoms with Crippen LogP contribution in [-0.4, -0.2) is 23.5 Å². The predicted octanol–water partition coefficient (Wildman–Crippen LogP) is 1.47. The number of benzene rings is 1. The third-order valence-corrected chi connectivity index (χ3v) is 3.90. The zero-order valence-corrected chi connectivity index (χ0v) is 9.64. The van der Waals surface area contributed by atoms with Crippen LogP contribution in [-0.2, 0) is 9.84 Å². The Labute approximate surface area is 100 Å². The van der Waals surface area contributed by atoms with Gasteiger partial charge < -0.3 is 0 Å². The molecule has 0 radical (unpaired) electrons. The number of rotatable bonds is 4. The summed E-state index contributed by atoms with van der Waals surface area (Å²) in [4.78, 5) is 18.6. The second-order valence-corrected chi connectivity index (χ2v) is 5.50. The van der Waals surface area contributed by atoms with Gasteiger partial charge in [-0.25, -0.2) is 8.42 Å².